The van der Waals surface area contributed by atoms with Gasteiger partial charge in [-0.3, -0.25) is 4.79 Å². The molecule has 4 heteroatoms. The van der Waals surface area contributed by atoms with Crippen LogP contribution in [-0.4, -0.2) is 18.6 Å². The predicted octanol–water partition coefficient (Wildman–Crippen LogP) is 2.59. The van der Waals surface area contributed by atoms with Crippen molar-refractivity contribution in [3.8, 4) is 5.75 Å². The number of nitrogens with one attached hydrogen (secondary N) is 1. The Morgan fingerprint density at radius 2 is 2.11 bits per heavy atom. The Bertz CT molecular complexity index is 428. The molecule has 0 bridgehead atoms. The number of nitrogens with two attached hydrogens (primary N) is 1. The number of hydrogen-bond acceptors (Lipinski definition) is 3. The molecule has 0 saturated carbocycles. The molecule has 0 aliphatic rings. The molecule has 0 heterocycles. The summed E-state index contributed by atoms with van der Waals surface area (Å²) in [6, 6.07) is 5.08. The summed E-state index contributed by atoms with van der Waals surface area (Å²) in [4.78, 5) is 12.2. The van der Waals surface area contributed by atoms with Gasteiger partial charge in [-0.05, 0) is 38.5 Å². The summed E-state index contributed by atoms with van der Waals surface area (Å²) in [6.45, 7) is 6.10. The lowest BCUT2D eigenvalue weighted by Gasteiger charge is -2.26. The van der Waals surface area contributed by atoms with Crippen molar-refractivity contribution in [3.05, 3.63) is 23.8 Å². The van der Waals surface area contributed by atoms with Gasteiger partial charge in [0.1, 0.15) is 5.75 Å². The minimum atomic E-state index is -0.235. The van der Waals surface area contributed by atoms with Gasteiger partial charge in [0.25, 0.3) is 5.91 Å². The molecule has 1 aromatic carbocycles. The van der Waals surface area contributed by atoms with Crippen LogP contribution in [-0.2, 0) is 0 Å². The highest BCUT2D eigenvalue weighted by Gasteiger charge is 2.21. The molecule has 0 radical (unpaired) electrons. The first-order chi connectivity index (χ1) is 8.39. The Balaban J connectivity index is 2.90. The minimum Gasteiger partial charge on any atom is -0.497 e. The molecule has 0 aliphatic carbocycles. The molecule has 0 atom stereocenters. The van der Waals surface area contributed by atoms with Gasteiger partial charge in [0.15, 0.2) is 0 Å². The molecule has 0 unspecified atom stereocenters. The van der Waals surface area contributed by atoms with Gasteiger partial charge in [0.05, 0.1) is 12.7 Å². The fraction of sp³-hybridized carbons (Fsp3) is 0.500. The van der Waals surface area contributed by atoms with E-state index in [0.717, 1.165) is 12.8 Å². The highest BCUT2D eigenvalue weighted by atomic mass is 16.5. The van der Waals surface area contributed by atoms with Gasteiger partial charge in [-0.25, -0.2) is 0 Å². The first-order valence-corrected chi connectivity index (χ1v) is 6.15. The third-order valence-corrected chi connectivity index (χ3v) is 2.83. The smallest absolute Gasteiger partial charge is 0.253 e. The lowest BCUT2D eigenvalue weighted by Crippen LogP contribution is -2.43. The summed E-state index contributed by atoms with van der Waals surface area (Å²) in [5.74, 6) is 0.465. The molecule has 0 saturated heterocycles. The predicted molar refractivity (Wildman–Crippen MR) is 73.9 cm³/mol. The van der Waals surface area contributed by atoms with Crippen molar-refractivity contribution in [3.63, 3.8) is 0 Å². The first-order valence-electron chi connectivity index (χ1n) is 6.15. The standard InChI is InChI=1S/C14H22N2O2/c1-5-8-14(2,3)16-13(17)11-9-10(18-4)6-7-12(11)15/h6-7,9H,5,8,15H2,1-4H3,(H,16,17). The van der Waals surface area contributed by atoms with Gasteiger partial charge >= 0.3 is 0 Å². The molecule has 0 aliphatic heterocycles. The molecule has 0 fully saturated rings. The second-order valence-electron chi connectivity index (χ2n) is 5.04. The zero-order valence-corrected chi connectivity index (χ0v) is 11.5. The third-order valence-electron chi connectivity index (χ3n) is 2.83. The number of methoxy groups -OCH3 is 1. The SMILES string of the molecule is CCCC(C)(C)NC(=O)c1cc(OC)ccc1N. The highest BCUT2D eigenvalue weighted by Crippen LogP contribution is 2.21. The second kappa shape index (κ2) is 5.76. The average Bonchev–Trinajstić information content (AvgIpc) is 2.28. The summed E-state index contributed by atoms with van der Waals surface area (Å²) >= 11 is 0. The van der Waals surface area contributed by atoms with Crippen LogP contribution >= 0.6 is 0 Å². The molecule has 3 N–H and O–H groups in total. The van der Waals surface area contributed by atoms with E-state index < -0.39 is 0 Å². The zero-order chi connectivity index (χ0) is 13.8. The van der Waals surface area contributed by atoms with Crippen LogP contribution in [0.1, 0.15) is 44.0 Å². The molecule has 1 rings (SSSR count). The number of rotatable bonds is 5. The molecule has 0 aromatic heterocycles. The number of amides is 1. The molecule has 1 aromatic rings. The van der Waals surface area contributed by atoms with Crippen molar-refractivity contribution in [2.45, 2.75) is 39.2 Å². The quantitative estimate of drug-likeness (QED) is 0.789. The number of nitrogen functional groups attached to an aromatic ring is 1. The van der Waals surface area contributed by atoms with Crippen LogP contribution in [0.4, 0.5) is 5.69 Å². The summed E-state index contributed by atoms with van der Waals surface area (Å²) in [6.07, 6.45) is 1.93. The fourth-order valence-corrected chi connectivity index (χ4v) is 1.92. The molecule has 0 spiro atoms. The molecule has 18 heavy (non-hydrogen) atoms. The number of benzene rings is 1. The Labute approximate surface area is 109 Å². The van der Waals surface area contributed by atoms with Crippen molar-refractivity contribution in [1.82, 2.24) is 5.32 Å². The van der Waals surface area contributed by atoms with Crippen LogP contribution in [0.15, 0.2) is 18.2 Å². The zero-order valence-electron chi connectivity index (χ0n) is 11.5. The van der Waals surface area contributed by atoms with Gasteiger partial charge < -0.3 is 15.8 Å². The lowest BCUT2D eigenvalue weighted by atomic mass is 9.98. The van der Waals surface area contributed by atoms with Crippen molar-refractivity contribution >= 4 is 11.6 Å². The Hall–Kier alpha value is -1.71. The van der Waals surface area contributed by atoms with Crippen LogP contribution in [0.25, 0.3) is 0 Å². The Kier molecular flexibility index (Phi) is 4.59. The van der Waals surface area contributed by atoms with E-state index in [1.807, 2.05) is 13.8 Å². The number of ether oxygens (including phenoxy) is 1. The third kappa shape index (κ3) is 3.65. The number of anilines is 1. The molecule has 1 amide bonds. The monoisotopic (exact) mass is 250 g/mol. The van der Waals surface area contributed by atoms with E-state index in [4.69, 9.17) is 10.5 Å². The second-order valence-corrected chi connectivity index (χ2v) is 5.04. The topological polar surface area (TPSA) is 64.3 Å². The number of hydrogen-bond donors (Lipinski definition) is 2. The average molecular weight is 250 g/mol. The van der Waals surface area contributed by atoms with E-state index in [1.54, 1.807) is 25.3 Å². The molecule has 4 nitrogen and oxygen atoms in total. The highest BCUT2D eigenvalue weighted by molar-refractivity contribution is 5.99. The van der Waals surface area contributed by atoms with Crippen molar-refractivity contribution in [1.29, 1.82) is 0 Å². The molecule has 100 valence electrons. The summed E-state index contributed by atoms with van der Waals surface area (Å²) in [5.41, 5.74) is 6.50. The number of carbonyl (C=O) groups excluding carboxylic acids is 1. The van der Waals surface area contributed by atoms with Crippen LogP contribution < -0.4 is 15.8 Å². The van der Waals surface area contributed by atoms with Gasteiger partial charge in [-0.2, -0.15) is 0 Å². The maximum atomic E-state index is 12.2. The molecular weight excluding hydrogens is 228 g/mol. The van der Waals surface area contributed by atoms with E-state index >= 15 is 0 Å². The van der Waals surface area contributed by atoms with E-state index in [0.29, 0.717) is 17.0 Å². The molecular formula is C14H22N2O2. The van der Waals surface area contributed by atoms with Crippen LogP contribution in [0.5, 0.6) is 5.75 Å². The number of carbonyl (C=O) groups is 1. The van der Waals surface area contributed by atoms with Crippen LogP contribution in [0.2, 0.25) is 0 Å². The Morgan fingerprint density at radius 3 is 2.67 bits per heavy atom. The van der Waals surface area contributed by atoms with E-state index in [1.165, 1.54) is 0 Å². The van der Waals surface area contributed by atoms with E-state index in [9.17, 15) is 4.79 Å². The van der Waals surface area contributed by atoms with Crippen molar-refractivity contribution in [2.24, 2.45) is 0 Å². The summed E-state index contributed by atoms with van der Waals surface area (Å²) < 4.78 is 5.10. The first kappa shape index (κ1) is 14.4. The lowest BCUT2D eigenvalue weighted by molar-refractivity contribution is 0.0909. The van der Waals surface area contributed by atoms with Gasteiger partial charge in [-0.15, -0.1) is 0 Å². The van der Waals surface area contributed by atoms with E-state index in [-0.39, 0.29) is 11.4 Å². The summed E-state index contributed by atoms with van der Waals surface area (Å²) in [7, 11) is 1.56. The van der Waals surface area contributed by atoms with Crippen LogP contribution in [0, 0.1) is 0 Å². The normalized spacial score (nSPS) is 11.1. The van der Waals surface area contributed by atoms with Gasteiger partial charge in [-0.1, -0.05) is 13.3 Å². The van der Waals surface area contributed by atoms with E-state index in [2.05, 4.69) is 12.2 Å². The largest absolute Gasteiger partial charge is 0.497 e. The Morgan fingerprint density at radius 1 is 1.44 bits per heavy atom. The minimum absolute atomic E-state index is 0.162. The van der Waals surface area contributed by atoms with Crippen molar-refractivity contribution < 1.29 is 9.53 Å². The maximum Gasteiger partial charge on any atom is 0.253 e. The fourth-order valence-electron chi connectivity index (χ4n) is 1.92. The summed E-state index contributed by atoms with van der Waals surface area (Å²) in [5, 5.41) is 2.99. The maximum absolute atomic E-state index is 12.2. The van der Waals surface area contributed by atoms with Crippen LogP contribution in [0.3, 0.4) is 0 Å². The van der Waals surface area contributed by atoms with Gasteiger partial charge in [0, 0.05) is 11.2 Å². The van der Waals surface area contributed by atoms with Gasteiger partial charge in [0.2, 0.25) is 0 Å². The van der Waals surface area contributed by atoms with Crippen molar-refractivity contribution in [2.75, 3.05) is 12.8 Å².